The fourth-order valence-corrected chi connectivity index (χ4v) is 2.14. The molecule has 0 aromatic heterocycles. The highest BCUT2D eigenvalue weighted by atomic mass is 35.5. The summed E-state index contributed by atoms with van der Waals surface area (Å²) in [5, 5.41) is 8.05. The second kappa shape index (κ2) is 7.27. The summed E-state index contributed by atoms with van der Waals surface area (Å²) in [6.07, 6.45) is 0. The lowest BCUT2D eigenvalue weighted by Gasteiger charge is -2.22. The standard InChI is InChI=1S/C16H19ClN4O3/c1-8-4-5-11(6-12(8)17)24-7-9(2)19-15(22)14-13(18)10(3)20-16(23)21-14/h4-6,9H,3,7,18H2,1-2H3,(H,19,22)(H2,20,21,23)/t9-/m1/s1. The molecule has 24 heavy (non-hydrogen) atoms. The summed E-state index contributed by atoms with van der Waals surface area (Å²) < 4.78 is 5.60. The summed E-state index contributed by atoms with van der Waals surface area (Å²) in [6.45, 7) is 7.47. The molecule has 1 aromatic rings. The first-order valence-corrected chi connectivity index (χ1v) is 7.62. The van der Waals surface area contributed by atoms with E-state index < -0.39 is 11.9 Å². The molecule has 3 amide bonds. The van der Waals surface area contributed by atoms with Crippen molar-refractivity contribution in [3.05, 3.63) is 52.5 Å². The lowest BCUT2D eigenvalue weighted by atomic mass is 10.2. The number of amides is 3. The van der Waals surface area contributed by atoms with Crippen LogP contribution in [0.1, 0.15) is 12.5 Å². The maximum atomic E-state index is 12.2. The van der Waals surface area contributed by atoms with Crippen molar-refractivity contribution >= 4 is 23.5 Å². The highest BCUT2D eigenvalue weighted by molar-refractivity contribution is 6.31. The number of hydrogen-bond acceptors (Lipinski definition) is 4. The molecular weight excluding hydrogens is 332 g/mol. The van der Waals surface area contributed by atoms with Crippen molar-refractivity contribution < 1.29 is 14.3 Å². The number of nitrogens with two attached hydrogens (primary N) is 1. The molecule has 8 heteroatoms. The second-order valence-corrected chi connectivity index (χ2v) is 5.85. The quantitative estimate of drug-likeness (QED) is 0.646. The molecule has 1 aliphatic rings. The Morgan fingerprint density at radius 1 is 1.46 bits per heavy atom. The molecule has 0 saturated carbocycles. The summed E-state index contributed by atoms with van der Waals surface area (Å²) in [6, 6.07) is 4.48. The van der Waals surface area contributed by atoms with Crippen molar-refractivity contribution in [2.45, 2.75) is 19.9 Å². The van der Waals surface area contributed by atoms with Gasteiger partial charge in [0.2, 0.25) is 0 Å². The molecule has 2 rings (SSSR count). The Balaban J connectivity index is 1.94. The molecule has 0 aliphatic carbocycles. The zero-order valence-electron chi connectivity index (χ0n) is 13.4. The van der Waals surface area contributed by atoms with E-state index in [1.165, 1.54) is 0 Å². The van der Waals surface area contributed by atoms with Crippen molar-refractivity contribution in [3.8, 4) is 5.75 Å². The van der Waals surface area contributed by atoms with Gasteiger partial charge < -0.3 is 26.4 Å². The van der Waals surface area contributed by atoms with Gasteiger partial charge in [-0.05, 0) is 31.5 Å². The number of carbonyl (C=O) groups is 2. The molecule has 0 radical (unpaired) electrons. The number of ether oxygens (including phenoxy) is 1. The molecule has 1 heterocycles. The van der Waals surface area contributed by atoms with Gasteiger partial charge in [0.25, 0.3) is 5.91 Å². The number of urea groups is 1. The van der Waals surface area contributed by atoms with Gasteiger partial charge in [-0.2, -0.15) is 0 Å². The largest absolute Gasteiger partial charge is 0.491 e. The van der Waals surface area contributed by atoms with Crippen molar-refractivity contribution in [3.63, 3.8) is 0 Å². The van der Waals surface area contributed by atoms with Crippen LogP contribution in [-0.2, 0) is 4.79 Å². The summed E-state index contributed by atoms with van der Waals surface area (Å²) >= 11 is 6.03. The van der Waals surface area contributed by atoms with E-state index in [-0.39, 0.29) is 29.7 Å². The van der Waals surface area contributed by atoms with Crippen LogP contribution >= 0.6 is 11.6 Å². The molecular formula is C16H19ClN4O3. The number of nitrogens with one attached hydrogen (secondary N) is 3. The van der Waals surface area contributed by atoms with Gasteiger partial charge in [0.15, 0.2) is 0 Å². The van der Waals surface area contributed by atoms with Gasteiger partial charge in [0.05, 0.1) is 17.4 Å². The number of aryl methyl sites for hydroxylation is 1. The van der Waals surface area contributed by atoms with Gasteiger partial charge in [-0.1, -0.05) is 24.2 Å². The van der Waals surface area contributed by atoms with Gasteiger partial charge in [-0.15, -0.1) is 0 Å². The van der Waals surface area contributed by atoms with E-state index in [0.717, 1.165) is 5.56 Å². The summed E-state index contributed by atoms with van der Waals surface area (Å²) in [5.41, 5.74) is 6.94. The first-order chi connectivity index (χ1) is 11.3. The van der Waals surface area contributed by atoms with Gasteiger partial charge in [-0.3, -0.25) is 4.79 Å². The molecule has 1 aromatic carbocycles. The minimum absolute atomic E-state index is 0.0334. The Hall–Kier alpha value is -2.67. The maximum absolute atomic E-state index is 12.2. The maximum Gasteiger partial charge on any atom is 0.323 e. The number of benzene rings is 1. The minimum atomic E-state index is -0.558. The number of halogens is 1. The molecule has 0 unspecified atom stereocenters. The zero-order chi connectivity index (χ0) is 17.9. The highest BCUT2D eigenvalue weighted by Gasteiger charge is 2.24. The Morgan fingerprint density at radius 2 is 2.17 bits per heavy atom. The SMILES string of the molecule is C=C1NC(=O)NC(C(=O)N[C@H](C)COc2ccc(C)c(Cl)c2)=C1N. The van der Waals surface area contributed by atoms with E-state index in [4.69, 9.17) is 22.1 Å². The van der Waals surface area contributed by atoms with Crippen molar-refractivity contribution in [2.24, 2.45) is 5.73 Å². The highest BCUT2D eigenvalue weighted by Crippen LogP contribution is 2.21. The Kier molecular flexibility index (Phi) is 5.35. The third kappa shape index (κ3) is 4.20. The monoisotopic (exact) mass is 350 g/mol. The summed E-state index contributed by atoms with van der Waals surface area (Å²) in [5.74, 6) is 0.0931. The van der Waals surface area contributed by atoms with E-state index in [1.54, 1.807) is 19.1 Å². The van der Waals surface area contributed by atoms with Crippen LogP contribution < -0.4 is 26.4 Å². The normalized spacial score (nSPS) is 15.5. The fraction of sp³-hybridized carbons (Fsp3) is 0.250. The van der Waals surface area contributed by atoms with Crippen LogP contribution in [0.15, 0.2) is 41.9 Å². The lowest BCUT2D eigenvalue weighted by molar-refractivity contribution is -0.118. The second-order valence-electron chi connectivity index (χ2n) is 5.44. The Labute approximate surface area is 144 Å². The fourth-order valence-electron chi connectivity index (χ4n) is 1.97. The van der Waals surface area contributed by atoms with Gasteiger partial charge in [0, 0.05) is 5.02 Å². The van der Waals surface area contributed by atoms with Crippen LogP contribution in [0.25, 0.3) is 0 Å². The van der Waals surface area contributed by atoms with Crippen LogP contribution in [0.4, 0.5) is 4.79 Å². The third-order valence-corrected chi connectivity index (χ3v) is 3.75. The molecule has 0 saturated heterocycles. The average molecular weight is 351 g/mol. The number of carbonyl (C=O) groups excluding carboxylic acids is 2. The minimum Gasteiger partial charge on any atom is -0.491 e. The summed E-state index contributed by atoms with van der Waals surface area (Å²) in [4.78, 5) is 23.6. The molecule has 0 bridgehead atoms. The predicted octanol–water partition coefficient (Wildman–Crippen LogP) is 1.53. The molecule has 0 spiro atoms. The van der Waals surface area contributed by atoms with Crippen LogP contribution in [-0.4, -0.2) is 24.6 Å². The average Bonchev–Trinajstić information content (AvgIpc) is 2.52. The van der Waals surface area contributed by atoms with E-state index >= 15 is 0 Å². The molecule has 7 nitrogen and oxygen atoms in total. The Bertz CT molecular complexity index is 730. The predicted molar refractivity (Wildman–Crippen MR) is 91.3 cm³/mol. The van der Waals surface area contributed by atoms with E-state index in [2.05, 4.69) is 22.5 Å². The first kappa shape index (κ1) is 17.7. The Morgan fingerprint density at radius 3 is 2.83 bits per heavy atom. The van der Waals surface area contributed by atoms with E-state index in [9.17, 15) is 9.59 Å². The molecule has 1 atom stereocenters. The topological polar surface area (TPSA) is 105 Å². The van der Waals surface area contributed by atoms with Crippen LogP contribution in [0.5, 0.6) is 5.75 Å². The van der Waals surface area contributed by atoms with Gasteiger partial charge >= 0.3 is 6.03 Å². The number of hydrogen-bond donors (Lipinski definition) is 4. The smallest absolute Gasteiger partial charge is 0.323 e. The molecule has 1 aliphatic heterocycles. The summed E-state index contributed by atoms with van der Waals surface area (Å²) in [7, 11) is 0. The zero-order valence-corrected chi connectivity index (χ0v) is 14.2. The van der Waals surface area contributed by atoms with Gasteiger partial charge in [-0.25, -0.2) is 4.79 Å². The molecule has 128 valence electrons. The lowest BCUT2D eigenvalue weighted by Crippen LogP contribution is -2.49. The van der Waals surface area contributed by atoms with Crippen LogP contribution in [0, 0.1) is 6.92 Å². The van der Waals surface area contributed by atoms with Crippen LogP contribution in [0.2, 0.25) is 5.02 Å². The molecule has 0 fully saturated rings. The number of rotatable bonds is 5. The van der Waals surface area contributed by atoms with Crippen LogP contribution in [0.3, 0.4) is 0 Å². The van der Waals surface area contributed by atoms with E-state index in [0.29, 0.717) is 10.8 Å². The van der Waals surface area contributed by atoms with Gasteiger partial charge in [0.1, 0.15) is 18.1 Å². The van der Waals surface area contributed by atoms with E-state index in [1.807, 2.05) is 13.0 Å². The molecule has 5 N–H and O–H groups in total. The van der Waals surface area contributed by atoms with Crippen molar-refractivity contribution in [1.29, 1.82) is 0 Å². The third-order valence-electron chi connectivity index (χ3n) is 3.35. The first-order valence-electron chi connectivity index (χ1n) is 7.24. The van der Waals surface area contributed by atoms with Crippen molar-refractivity contribution in [1.82, 2.24) is 16.0 Å². The van der Waals surface area contributed by atoms with Crippen molar-refractivity contribution in [2.75, 3.05) is 6.61 Å².